The second kappa shape index (κ2) is 7.72. The van der Waals surface area contributed by atoms with E-state index < -0.39 is 34.2 Å². The largest absolute Gasteiger partial charge is 0.493 e. The van der Waals surface area contributed by atoms with E-state index in [1.54, 1.807) is 24.3 Å². The minimum Gasteiger partial charge on any atom is -0.320 e. The number of fused-ring (bicyclic) bond motifs is 2. The highest BCUT2D eigenvalue weighted by atomic mass is 19.4. The van der Waals surface area contributed by atoms with Crippen molar-refractivity contribution in [3.8, 4) is 0 Å². The topological polar surface area (TPSA) is 120 Å². The van der Waals surface area contributed by atoms with E-state index in [4.69, 9.17) is 0 Å². The number of hydrogen-bond acceptors (Lipinski definition) is 7. The third-order valence-corrected chi connectivity index (χ3v) is 4.37. The predicted molar refractivity (Wildman–Crippen MR) is 107 cm³/mol. The fourth-order valence-corrected chi connectivity index (χ4v) is 2.92. The Kier molecular flexibility index (Phi) is 5.04. The molecule has 3 aromatic heterocycles. The number of carbonyl (C=O) groups is 1. The molecule has 32 heavy (non-hydrogen) atoms. The molecule has 0 unspecified atom stereocenters. The fraction of sp³-hybridized carbons (Fsp3) is 0.100. The third kappa shape index (κ3) is 3.97. The molecule has 0 radical (unpaired) electrons. The maximum Gasteiger partial charge on any atom is 0.493 e. The predicted octanol–water partition coefficient (Wildman–Crippen LogP) is 2.02. The average Bonchev–Trinajstić information content (AvgIpc) is 3.11. The van der Waals surface area contributed by atoms with Crippen LogP contribution < -0.4 is 15.8 Å². The molecule has 3 heterocycles. The number of aromatic nitrogens is 5. The zero-order valence-electron chi connectivity index (χ0n) is 16.2. The molecule has 0 aliphatic carbocycles. The number of benzene rings is 1. The molecule has 1 N–H and O–H groups in total. The molecule has 9 nitrogen and oxygen atoms in total. The Labute approximate surface area is 175 Å². The lowest BCUT2D eigenvalue weighted by molar-refractivity contribution is -0.201. The number of H-pyrrole nitrogens is 1. The summed E-state index contributed by atoms with van der Waals surface area (Å²) < 4.78 is 37.6. The normalized spacial score (nSPS) is 12.0. The number of carbonyl (C=O) groups excluding carboxylic acids is 1. The molecule has 0 fully saturated rings. The van der Waals surface area contributed by atoms with Crippen LogP contribution in [-0.4, -0.2) is 37.3 Å². The van der Waals surface area contributed by atoms with E-state index in [0.717, 1.165) is 5.69 Å². The summed E-state index contributed by atoms with van der Waals surface area (Å²) in [6, 6.07) is 9.93. The molecule has 0 atom stereocenters. The Hall–Kier alpha value is -4.35. The Balaban J connectivity index is 1.83. The van der Waals surface area contributed by atoms with E-state index in [2.05, 4.69) is 25.1 Å². The zero-order chi connectivity index (χ0) is 23.0. The summed E-state index contributed by atoms with van der Waals surface area (Å²) in [6.07, 6.45) is -1.89. The van der Waals surface area contributed by atoms with Crippen LogP contribution in [0.2, 0.25) is 0 Å². The lowest BCUT2D eigenvalue weighted by Gasteiger charge is -2.04. The highest BCUT2D eigenvalue weighted by molar-refractivity contribution is 5.89. The Morgan fingerprint density at radius 1 is 1.16 bits per heavy atom. The van der Waals surface area contributed by atoms with Gasteiger partial charge in [-0.05, 0) is 48.0 Å². The molecule has 0 saturated carbocycles. The van der Waals surface area contributed by atoms with Crippen LogP contribution in [0.25, 0.3) is 34.1 Å². The molecule has 0 amide bonds. The standard InChI is InChI=1S/C20H12F3N5O4/c1-10-3-2-4-12(24-10)7-5-11-6-8-13-14(9-11)25-18(30)15-16(17(13)29)28(27-26-15)32-19(31)20(21,22)23/h2-9H,1H3,(H,25,30)/b7-5+. The molecule has 4 rings (SSSR count). The highest BCUT2D eigenvalue weighted by Gasteiger charge is 2.42. The van der Waals surface area contributed by atoms with Crippen molar-refractivity contribution in [2.24, 2.45) is 0 Å². The van der Waals surface area contributed by atoms with Crippen LogP contribution in [0.1, 0.15) is 17.0 Å². The van der Waals surface area contributed by atoms with Crippen molar-refractivity contribution >= 4 is 40.1 Å². The van der Waals surface area contributed by atoms with Crippen molar-refractivity contribution < 1.29 is 22.8 Å². The van der Waals surface area contributed by atoms with Crippen LogP contribution in [0.4, 0.5) is 13.2 Å². The van der Waals surface area contributed by atoms with Gasteiger partial charge in [0.05, 0.1) is 11.2 Å². The molecule has 4 aromatic rings. The Morgan fingerprint density at radius 3 is 2.66 bits per heavy atom. The van der Waals surface area contributed by atoms with Crippen molar-refractivity contribution in [2.45, 2.75) is 13.1 Å². The van der Waals surface area contributed by atoms with Gasteiger partial charge in [0.25, 0.3) is 5.56 Å². The number of alkyl halides is 3. The number of aryl methyl sites for hydroxylation is 1. The zero-order valence-corrected chi connectivity index (χ0v) is 16.2. The van der Waals surface area contributed by atoms with Crippen molar-refractivity contribution in [2.75, 3.05) is 0 Å². The second-order valence-corrected chi connectivity index (χ2v) is 6.66. The van der Waals surface area contributed by atoms with E-state index in [1.807, 2.05) is 19.1 Å². The first-order chi connectivity index (χ1) is 15.1. The van der Waals surface area contributed by atoms with Gasteiger partial charge in [-0.2, -0.15) is 13.2 Å². The first-order valence-corrected chi connectivity index (χ1v) is 9.00. The van der Waals surface area contributed by atoms with Gasteiger partial charge in [-0.15, -0.1) is 5.10 Å². The molecular formula is C20H12F3N5O4. The van der Waals surface area contributed by atoms with Gasteiger partial charge in [0, 0.05) is 11.1 Å². The number of halogens is 3. The summed E-state index contributed by atoms with van der Waals surface area (Å²) in [5, 5.41) is 6.52. The summed E-state index contributed by atoms with van der Waals surface area (Å²) in [5.74, 6) is -2.62. The van der Waals surface area contributed by atoms with E-state index in [-0.39, 0.29) is 15.7 Å². The molecule has 0 aliphatic rings. The van der Waals surface area contributed by atoms with Crippen LogP contribution in [0.15, 0.2) is 46.0 Å². The maximum atomic E-state index is 12.9. The van der Waals surface area contributed by atoms with Crippen LogP contribution in [0, 0.1) is 6.92 Å². The van der Waals surface area contributed by atoms with Crippen LogP contribution in [0.3, 0.4) is 0 Å². The number of aromatic amines is 1. The maximum absolute atomic E-state index is 12.9. The van der Waals surface area contributed by atoms with E-state index >= 15 is 0 Å². The smallest absolute Gasteiger partial charge is 0.320 e. The van der Waals surface area contributed by atoms with Crippen molar-refractivity contribution in [1.82, 2.24) is 25.1 Å². The lowest BCUT2D eigenvalue weighted by Crippen LogP contribution is -2.34. The second-order valence-electron chi connectivity index (χ2n) is 6.66. The lowest BCUT2D eigenvalue weighted by atomic mass is 10.1. The molecule has 162 valence electrons. The van der Waals surface area contributed by atoms with E-state index in [0.29, 0.717) is 11.3 Å². The monoisotopic (exact) mass is 443 g/mol. The molecule has 0 spiro atoms. The van der Waals surface area contributed by atoms with Crippen molar-refractivity contribution in [3.05, 3.63) is 73.9 Å². The number of rotatable bonds is 3. The van der Waals surface area contributed by atoms with Gasteiger partial charge in [0.1, 0.15) is 0 Å². The number of nitrogens with one attached hydrogen (secondary N) is 1. The molecule has 1 aromatic carbocycles. The first-order valence-electron chi connectivity index (χ1n) is 9.00. The van der Waals surface area contributed by atoms with Gasteiger partial charge < -0.3 is 9.82 Å². The highest BCUT2D eigenvalue weighted by Crippen LogP contribution is 2.16. The van der Waals surface area contributed by atoms with Crippen LogP contribution in [-0.2, 0) is 4.79 Å². The molecule has 0 aliphatic heterocycles. The summed E-state index contributed by atoms with van der Waals surface area (Å²) >= 11 is 0. The summed E-state index contributed by atoms with van der Waals surface area (Å²) in [4.78, 5) is 47.4. The van der Waals surface area contributed by atoms with Gasteiger partial charge >= 0.3 is 12.1 Å². The average molecular weight is 443 g/mol. The minimum atomic E-state index is -5.33. The first kappa shape index (κ1) is 20.9. The van der Waals surface area contributed by atoms with Crippen LogP contribution in [0.5, 0.6) is 0 Å². The third-order valence-electron chi connectivity index (χ3n) is 4.37. The quantitative estimate of drug-likeness (QED) is 0.481. The van der Waals surface area contributed by atoms with Gasteiger partial charge in [0.15, 0.2) is 11.0 Å². The molecular weight excluding hydrogens is 431 g/mol. The van der Waals surface area contributed by atoms with Crippen LogP contribution >= 0.6 is 0 Å². The fourth-order valence-electron chi connectivity index (χ4n) is 2.92. The summed E-state index contributed by atoms with van der Waals surface area (Å²) in [5.41, 5.74) is -0.837. The summed E-state index contributed by atoms with van der Waals surface area (Å²) in [6.45, 7) is 1.85. The van der Waals surface area contributed by atoms with Gasteiger partial charge in [0.2, 0.25) is 5.43 Å². The number of hydrogen-bond donors (Lipinski definition) is 1. The SMILES string of the molecule is Cc1cccc(/C=C/c2ccc3c(=O)c4c(nnn4OC(=O)C(F)(F)F)c(=O)[nH]c3c2)n1. The van der Waals surface area contributed by atoms with Crippen molar-refractivity contribution in [3.63, 3.8) is 0 Å². The molecule has 0 saturated heterocycles. The minimum absolute atomic E-state index is 0.000605. The number of pyridine rings is 1. The van der Waals surface area contributed by atoms with Gasteiger partial charge in [-0.25, -0.2) is 4.79 Å². The summed E-state index contributed by atoms with van der Waals surface area (Å²) in [7, 11) is 0. The van der Waals surface area contributed by atoms with Gasteiger partial charge in [-0.3, -0.25) is 14.6 Å². The van der Waals surface area contributed by atoms with Gasteiger partial charge in [-0.1, -0.05) is 23.1 Å². The number of nitrogens with zero attached hydrogens (tertiary/aromatic N) is 4. The molecule has 0 bridgehead atoms. The van der Waals surface area contributed by atoms with E-state index in [9.17, 15) is 27.6 Å². The Bertz CT molecular complexity index is 1520. The Morgan fingerprint density at radius 2 is 1.94 bits per heavy atom. The van der Waals surface area contributed by atoms with E-state index in [1.165, 1.54) is 12.1 Å². The molecule has 12 heteroatoms. The van der Waals surface area contributed by atoms with Crippen molar-refractivity contribution in [1.29, 1.82) is 0 Å².